The van der Waals surface area contributed by atoms with Gasteiger partial charge in [-0.3, -0.25) is 9.59 Å². The third kappa shape index (κ3) is 4.62. The molecule has 0 radical (unpaired) electrons. The standard InChI is InChI=1S/C18H25N3O4S/c1-26(24,25)21-11-15-9-14(10-16(15)20-17(22)12-21)18(23)19-8-7-13-5-3-2-4-6-13/h2-6,14-16H,7-12H2,1H3,(H,19,23)(H,20,22)/t14-,15+,16+/m0/s1. The first kappa shape index (κ1) is 18.8. The molecule has 2 amide bonds. The Hall–Kier alpha value is -1.93. The lowest BCUT2D eigenvalue weighted by molar-refractivity contribution is -0.125. The van der Waals surface area contributed by atoms with Gasteiger partial charge in [0.1, 0.15) is 0 Å². The van der Waals surface area contributed by atoms with Gasteiger partial charge in [-0.2, -0.15) is 4.31 Å². The van der Waals surface area contributed by atoms with E-state index in [2.05, 4.69) is 10.6 Å². The summed E-state index contributed by atoms with van der Waals surface area (Å²) in [6.07, 6.45) is 3.04. The van der Waals surface area contributed by atoms with E-state index in [-0.39, 0.29) is 42.8 Å². The molecule has 2 N–H and O–H groups in total. The molecule has 1 saturated carbocycles. The minimum absolute atomic E-state index is 0.0193. The Morgan fingerprint density at radius 2 is 2.00 bits per heavy atom. The molecule has 1 heterocycles. The number of fused-ring (bicyclic) bond motifs is 1. The fourth-order valence-electron chi connectivity index (χ4n) is 3.83. The van der Waals surface area contributed by atoms with E-state index >= 15 is 0 Å². The van der Waals surface area contributed by atoms with Gasteiger partial charge >= 0.3 is 0 Å². The lowest BCUT2D eigenvalue weighted by Crippen LogP contribution is -2.39. The third-order valence-corrected chi connectivity index (χ3v) is 6.41. The molecular weight excluding hydrogens is 354 g/mol. The van der Waals surface area contributed by atoms with Crippen LogP contribution in [0.4, 0.5) is 0 Å². The molecule has 8 heteroatoms. The van der Waals surface area contributed by atoms with Crippen molar-refractivity contribution in [3.05, 3.63) is 35.9 Å². The smallest absolute Gasteiger partial charge is 0.235 e. The molecule has 3 rings (SSSR count). The van der Waals surface area contributed by atoms with Crippen molar-refractivity contribution < 1.29 is 18.0 Å². The number of hydrogen-bond acceptors (Lipinski definition) is 4. The van der Waals surface area contributed by atoms with Gasteiger partial charge in [0.2, 0.25) is 21.8 Å². The zero-order valence-corrected chi connectivity index (χ0v) is 15.7. The molecule has 3 atom stereocenters. The highest BCUT2D eigenvalue weighted by molar-refractivity contribution is 7.88. The van der Waals surface area contributed by atoms with Crippen LogP contribution in [0.3, 0.4) is 0 Å². The summed E-state index contributed by atoms with van der Waals surface area (Å²) in [5.74, 6) is -0.538. The molecule has 7 nitrogen and oxygen atoms in total. The van der Waals surface area contributed by atoms with Crippen molar-refractivity contribution in [2.75, 3.05) is 25.9 Å². The molecule has 26 heavy (non-hydrogen) atoms. The van der Waals surface area contributed by atoms with Crippen molar-refractivity contribution in [1.82, 2.24) is 14.9 Å². The molecule has 1 aromatic carbocycles. The number of carbonyl (C=O) groups is 2. The van der Waals surface area contributed by atoms with Gasteiger partial charge in [-0.25, -0.2) is 8.42 Å². The first-order valence-electron chi connectivity index (χ1n) is 8.89. The van der Waals surface area contributed by atoms with Crippen molar-refractivity contribution in [1.29, 1.82) is 0 Å². The van der Waals surface area contributed by atoms with Crippen molar-refractivity contribution in [3.8, 4) is 0 Å². The molecule has 142 valence electrons. The summed E-state index contributed by atoms with van der Waals surface area (Å²) in [6.45, 7) is 0.715. The maximum absolute atomic E-state index is 12.5. The van der Waals surface area contributed by atoms with Gasteiger partial charge in [0.05, 0.1) is 12.8 Å². The summed E-state index contributed by atoms with van der Waals surface area (Å²) in [5.41, 5.74) is 1.17. The minimum Gasteiger partial charge on any atom is -0.356 e. The fraction of sp³-hybridized carbons (Fsp3) is 0.556. The predicted molar refractivity (Wildman–Crippen MR) is 97.7 cm³/mol. The second-order valence-corrected chi connectivity index (χ2v) is 9.17. The van der Waals surface area contributed by atoms with Crippen LogP contribution < -0.4 is 10.6 Å². The third-order valence-electron chi connectivity index (χ3n) is 5.19. The van der Waals surface area contributed by atoms with Crippen LogP contribution in [0.25, 0.3) is 0 Å². The molecule has 0 aromatic heterocycles. The molecule has 2 fully saturated rings. The first-order valence-corrected chi connectivity index (χ1v) is 10.7. The largest absolute Gasteiger partial charge is 0.356 e. The Labute approximate surface area is 154 Å². The highest BCUT2D eigenvalue weighted by atomic mass is 32.2. The quantitative estimate of drug-likeness (QED) is 0.760. The Morgan fingerprint density at radius 3 is 2.69 bits per heavy atom. The molecular formula is C18H25N3O4S. The van der Waals surface area contributed by atoms with Crippen LogP contribution in [0.5, 0.6) is 0 Å². The maximum Gasteiger partial charge on any atom is 0.235 e. The zero-order chi connectivity index (χ0) is 18.7. The van der Waals surface area contributed by atoms with Crippen molar-refractivity contribution in [3.63, 3.8) is 0 Å². The van der Waals surface area contributed by atoms with Crippen LogP contribution in [0.2, 0.25) is 0 Å². The molecule has 0 spiro atoms. The second kappa shape index (κ2) is 7.75. The maximum atomic E-state index is 12.5. The molecule has 1 saturated heterocycles. The van der Waals surface area contributed by atoms with Crippen LogP contribution in [0, 0.1) is 11.8 Å². The normalized spacial score (nSPS) is 26.7. The van der Waals surface area contributed by atoms with E-state index in [4.69, 9.17) is 0 Å². The van der Waals surface area contributed by atoms with Gasteiger partial charge in [-0.15, -0.1) is 0 Å². The van der Waals surface area contributed by atoms with Crippen molar-refractivity contribution in [2.45, 2.75) is 25.3 Å². The number of nitrogens with one attached hydrogen (secondary N) is 2. The van der Waals surface area contributed by atoms with E-state index in [1.807, 2.05) is 30.3 Å². The first-order chi connectivity index (χ1) is 12.3. The van der Waals surface area contributed by atoms with E-state index in [1.165, 1.54) is 9.87 Å². The van der Waals surface area contributed by atoms with Gasteiger partial charge in [-0.05, 0) is 30.7 Å². The molecule has 0 unspecified atom stereocenters. The number of hydrogen-bond donors (Lipinski definition) is 2. The molecule has 2 aliphatic rings. The number of sulfonamides is 1. The van der Waals surface area contributed by atoms with E-state index in [9.17, 15) is 18.0 Å². The van der Waals surface area contributed by atoms with E-state index in [1.54, 1.807) is 0 Å². The predicted octanol–water partition coefficient (Wildman–Crippen LogP) is 0.132. The monoisotopic (exact) mass is 379 g/mol. The van der Waals surface area contributed by atoms with Gasteiger partial charge < -0.3 is 10.6 Å². The summed E-state index contributed by atoms with van der Waals surface area (Å²) < 4.78 is 24.9. The Kier molecular flexibility index (Phi) is 5.62. The lowest BCUT2D eigenvalue weighted by Gasteiger charge is -2.20. The van der Waals surface area contributed by atoms with Gasteiger partial charge in [0.25, 0.3) is 0 Å². The Morgan fingerprint density at radius 1 is 1.27 bits per heavy atom. The lowest BCUT2D eigenvalue weighted by atomic mass is 10.0. The molecule has 1 aromatic rings. The van der Waals surface area contributed by atoms with E-state index in [0.717, 1.165) is 12.7 Å². The number of benzene rings is 1. The van der Waals surface area contributed by atoms with Crippen molar-refractivity contribution >= 4 is 21.8 Å². The van der Waals surface area contributed by atoms with Crippen LogP contribution in [0.1, 0.15) is 18.4 Å². The van der Waals surface area contributed by atoms with Gasteiger partial charge in [0, 0.05) is 25.0 Å². The summed E-state index contributed by atoms with van der Waals surface area (Å²) in [6, 6.07) is 9.80. The fourth-order valence-corrected chi connectivity index (χ4v) is 4.64. The van der Waals surface area contributed by atoms with Gasteiger partial charge in [-0.1, -0.05) is 30.3 Å². The Bertz CT molecular complexity index is 766. The summed E-state index contributed by atoms with van der Waals surface area (Å²) >= 11 is 0. The summed E-state index contributed by atoms with van der Waals surface area (Å²) in [7, 11) is -3.43. The molecule has 0 bridgehead atoms. The number of amides is 2. The summed E-state index contributed by atoms with van der Waals surface area (Å²) in [5, 5.41) is 5.85. The SMILES string of the molecule is CS(=O)(=O)N1CC(=O)N[C@@H]2C[C@@H](C(=O)NCCc3ccccc3)C[C@@H]2C1. The topological polar surface area (TPSA) is 95.6 Å². The van der Waals surface area contributed by atoms with E-state index in [0.29, 0.717) is 19.4 Å². The molecule has 1 aliphatic carbocycles. The average molecular weight is 379 g/mol. The summed E-state index contributed by atoms with van der Waals surface area (Å²) in [4.78, 5) is 24.4. The van der Waals surface area contributed by atoms with Crippen LogP contribution in [0.15, 0.2) is 30.3 Å². The van der Waals surface area contributed by atoms with Crippen molar-refractivity contribution in [2.24, 2.45) is 11.8 Å². The highest BCUT2D eigenvalue weighted by Crippen LogP contribution is 2.33. The Balaban J connectivity index is 1.55. The number of nitrogens with zero attached hydrogens (tertiary/aromatic N) is 1. The average Bonchev–Trinajstić information content (AvgIpc) is 2.89. The number of carbonyl (C=O) groups excluding carboxylic acids is 2. The number of rotatable bonds is 5. The zero-order valence-electron chi connectivity index (χ0n) is 14.8. The highest BCUT2D eigenvalue weighted by Gasteiger charge is 2.42. The minimum atomic E-state index is -3.43. The second-order valence-electron chi connectivity index (χ2n) is 7.18. The van der Waals surface area contributed by atoms with E-state index < -0.39 is 10.0 Å². The van der Waals surface area contributed by atoms with Gasteiger partial charge in [0.15, 0.2) is 0 Å². The van der Waals surface area contributed by atoms with Crippen LogP contribution >= 0.6 is 0 Å². The van der Waals surface area contributed by atoms with Crippen LogP contribution in [-0.2, 0) is 26.0 Å². The van der Waals surface area contributed by atoms with Crippen LogP contribution in [-0.4, -0.2) is 56.5 Å². The molecule has 1 aliphatic heterocycles.